The number of carboxylic acids is 1. The summed E-state index contributed by atoms with van der Waals surface area (Å²) in [6.45, 7) is 1.26. The van der Waals surface area contributed by atoms with Gasteiger partial charge in [-0.3, -0.25) is 24.2 Å². The van der Waals surface area contributed by atoms with Gasteiger partial charge in [-0.2, -0.15) is 0 Å². The van der Waals surface area contributed by atoms with Gasteiger partial charge in [0, 0.05) is 13.0 Å². The largest absolute Gasteiger partial charge is 0.508 e. The number of phenols is 1. The van der Waals surface area contributed by atoms with Crippen molar-refractivity contribution in [3.63, 3.8) is 0 Å². The molecular formula is C24H38N8O8. The number of carboxylic acid groups (broad SMARTS) is 1. The van der Waals surface area contributed by atoms with E-state index >= 15 is 0 Å². The third-order valence-electron chi connectivity index (χ3n) is 5.67. The van der Waals surface area contributed by atoms with Crippen LogP contribution in [-0.2, 0) is 30.4 Å². The van der Waals surface area contributed by atoms with Crippen molar-refractivity contribution in [1.82, 2.24) is 16.0 Å². The summed E-state index contributed by atoms with van der Waals surface area (Å²) in [5.74, 6) is -4.91. The van der Waals surface area contributed by atoms with Crippen LogP contribution in [0.4, 0.5) is 0 Å². The zero-order valence-corrected chi connectivity index (χ0v) is 22.1. The second-order valence-electron chi connectivity index (χ2n) is 9.12. The highest BCUT2D eigenvalue weighted by molar-refractivity contribution is 5.94. The molecule has 0 aliphatic heterocycles. The number of carbonyl (C=O) groups excluding carboxylic acids is 4. The molecule has 0 spiro atoms. The maximum atomic E-state index is 13.2. The number of aliphatic carboxylic acids is 1. The number of carbonyl (C=O) groups is 5. The molecule has 0 saturated carbocycles. The quantitative estimate of drug-likeness (QED) is 0.0501. The fourth-order valence-corrected chi connectivity index (χ4v) is 3.50. The fraction of sp³-hybridized carbons (Fsp3) is 0.500. The van der Waals surface area contributed by atoms with E-state index < -0.39 is 59.9 Å². The highest BCUT2D eigenvalue weighted by Gasteiger charge is 2.32. The van der Waals surface area contributed by atoms with Gasteiger partial charge in [0.05, 0.1) is 12.1 Å². The van der Waals surface area contributed by atoms with Crippen LogP contribution in [0.2, 0.25) is 0 Å². The average Bonchev–Trinajstić information content (AvgIpc) is 2.86. The van der Waals surface area contributed by atoms with Crippen molar-refractivity contribution >= 4 is 35.6 Å². The second-order valence-corrected chi connectivity index (χ2v) is 9.12. The molecule has 5 atom stereocenters. The molecule has 16 nitrogen and oxygen atoms in total. The summed E-state index contributed by atoms with van der Waals surface area (Å²) in [4.78, 5) is 65.4. The molecule has 5 unspecified atom stereocenters. The molecule has 222 valence electrons. The van der Waals surface area contributed by atoms with E-state index in [4.69, 9.17) is 22.9 Å². The Morgan fingerprint density at radius 1 is 0.900 bits per heavy atom. The van der Waals surface area contributed by atoms with Crippen molar-refractivity contribution in [3.8, 4) is 5.75 Å². The van der Waals surface area contributed by atoms with Gasteiger partial charge in [0.2, 0.25) is 23.6 Å². The number of aliphatic imine (C=N–C) groups is 1. The number of benzene rings is 1. The summed E-state index contributed by atoms with van der Waals surface area (Å²) in [5, 5.41) is 35.5. The first-order valence-corrected chi connectivity index (χ1v) is 12.4. The minimum atomic E-state index is -1.66. The van der Waals surface area contributed by atoms with Crippen molar-refractivity contribution in [3.05, 3.63) is 29.8 Å². The number of phenolic OH excluding ortho intramolecular Hbond substituents is 1. The number of primary amides is 1. The van der Waals surface area contributed by atoms with E-state index in [-0.39, 0.29) is 50.4 Å². The van der Waals surface area contributed by atoms with Crippen molar-refractivity contribution < 1.29 is 39.3 Å². The molecule has 0 fully saturated rings. The molecule has 0 saturated heterocycles. The van der Waals surface area contributed by atoms with E-state index in [0.29, 0.717) is 5.56 Å². The minimum absolute atomic E-state index is 0.0324. The molecule has 40 heavy (non-hydrogen) atoms. The first kappa shape index (κ1) is 33.6. The predicted octanol–water partition coefficient (Wildman–Crippen LogP) is -3.50. The number of aliphatic hydroxyl groups excluding tert-OH is 1. The number of guanidine groups is 1. The summed E-state index contributed by atoms with van der Waals surface area (Å²) in [6, 6.07) is 0.586. The van der Waals surface area contributed by atoms with Crippen LogP contribution in [-0.4, -0.2) is 87.7 Å². The first-order valence-electron chi connectivity index (χ1n) is 12.4. The van der Waals surface area contributed by atoms with Gasteiger partial charge in [0.25, 0.3) is 0 Å². The fourth-order valence-electron chi connectivity index (χ4n) is 3.50. The lowest BCUT2D eigenvalue weighted by Crippen LogP contribution is -2.58. The van der Waals surface area contributed by atoms with Crippen LogP contribution in [0.25, 0.3) is 0 Å². The molecule has 1 rings (SSSR count). The molecule has 0 aromatic heterocycles. The number of nitrogens with one attached hydrogen (secondary N) is 3. The van der Waals surface area contributed by atoms with Gasteiger partial charge in [-0.25, -0.2) is 4.79 Å². The molecule has 1 aromatic carbocycles. The lowest BCUT2D eigenvalue weighted by Gasteiger charge is -2.25. The van der Waals surface area contributed by atoms with Gasteiger partial charge >= 0.3 is 5.97 Å². The van der Waals surface area contributed by atoms with Gasteiger partial charge in [-0.15, -0.1) is 0 Å². The van der Waals surface area contributed by atoms with Crippen molar-refractivity contribution in [2.75, 3.05) is 6.54 Å². The average molecular weight is 567 g/mol. The number of nitrogens with zero attached hydrogens (tertiary/aromatic N) is 1. The predicted molar refractivity (Wildman–Crippen MR) is 143 cm³/mol. The highest BCUT2D eigenvalue weighted by atomic mass is 16.4. The maximum Gasteiger partial charge on any atom is 0.328 e. The van der Waals surface area contributed by atoms with E-state index in [9.17, 15) is 39.3 Å². The van der Waals surface area contributed by atoms with Crippen LogP contribution >= 0.6 is 0 Å². The normalized spacial score (nSPS) is 14.5. The third kappa shape index (κ3) is 12.4. The summed E-state index contributed by atoms with van der Waals surface area (Å²) in [5.41, 5.74) is 22.4. The van der Waals surface area contributed by atoms with Crippen LogP contribution in [0.15, 0.2) is 29.3 Å². The summed E-state index contributed by atoms with van der Waals surface area (Å²) < 4.78 is 0. The number of hydrogen-bond donors (Lipinski definition) is 10. The molecule has 0 aliphatic carbocycles. The van der Waals surface area contributed by atoms with Crippen LogP contribution in [0, 0.1) is 0 Å². The van der Waals surface area contributed by atoms with Crippen molar-refractivity contribution in [1.29, 1.82) is 0 Å². The van der Waals surface area contributed by atoms with Gasteiger partial charge in [-0.05, 0) is 50.3 Å². The number of nitrogens with two attached hydrogens (primary N) is 4. The number of aromatic hydroxyl groups is 1. The Labute approximate surface area is 230 Å². The standard InChI is InChI=1S/C24H38N8O8/c1-12(33)19(23(39)40)32-22(38)16(3-2-10-29-24(27)28)31-21(37)17(8-9-18(26)35)30-20(36)15(25)11-13-4-6-14(34)7-5-13/h4-7,12,15-17,19,33-34H,2-3,8-11,25H2,1H3,(H2,26,35)(H,30,36)(H,31,37)(H,32,38)(H,39,40)(H4,27,28,29). The molecule has 14 N–H and O–H groups in total. The smallest absolute Gasteiger partial charge is 0.328 e. The molecule has 0 aliphatic rings. The second kappa shape index (κ2) is 16.5. The number of rotatable bonds is 17. The Kier molecular flexibility index (Phi) is 13.9. The van der Waals surface area contributed by atoms with Crippen LogP contribution in [0.3, 0.4) is 0 Å². The monoisotopic (exact) mass is 566 g/mol. The third-order valence-corrected chi connectivity index (χ3v) is 5.67. The maximum absolute atomic E-state index is 13.2. The highest BCUT2D eigenvalue weighted by Crippen LogP contribution is 2.11. The van der Waals surface area contributed by atoms with E-state index in [1.54, 1.807) is 12.1 Å². The van der Waals surface area contributed by atoms with Gasteiger partial charge in [-0.1, -0.05) is 12.1 Å². The van der Waals surface area contributed by atoms with Gasteiger partial charge in [0.15, 0.2) is 12.0 Å². The lowest BCUT2D eigenvalue weighted by molar-refractivity contribution is -0.145. The topological polar surface area (TPSA) is 299 Å². The van der Waals surface area contributed by atoms with E-state index in [1.165, 1.54) is 19.1 Å². The number of hydrogen-bond acceptors (Lipinski definition) is 9. The van der Waals surface area contributed by atoms with Crippen LogP contribution in [0.5, 0.6) is 5.75 Å². The molecule has 4 amide bonds. The van der Waals surface area contributed by atoms with Gasteiger partial charge in [0.1, 0.15) is 17.8 Å². The van der Waals surface area contributed by atoms with Crippen LogP contribution < -0.4 is 38.9 Å². The molecule has 0 radical (unpaired) electrons. The summed E-state index contributed by atoms with van der Waals surface area (Å²) in [7, 11) is 0. The Hall–Kier alpha value is -4.44. The SMILES string of the molecule is CC(O)C(NC(=O)C(CCCN=C(N)N)NC(=O)C(CCC(N)=O)NC(=O)C(N)Cc1ccc(O)cc1)C(=O)O. The molecule has 0 heterocycles. The summed E-state index contributed by atoms with van der Waals surface area (Å²) >= 11 is 0. The molecule has 16 heteroatoms. The number of amides is 4. The van der Waals surface area contributed by atoms with E-state index in [0.717, 1.165) is 0 Å². The minimum Gasteiger partial charge on any atom is -0.508 e. The molecular weight excluding hydrogens is 528 g/mol. The first-order chi connectivity index (χ1) is 18.7. The zero-order valence-electron chi connectivity index (χ0n) is 22.1. The van der Waals surface area contributed by atoms with Gasteiger partial charge < -0.3 is 54.2 Å². The van der Waals surface area contributed by atoms with E-state index in [2.05, 4.69) is 20.9 Å². The Morgan fingerprint density at radius 3 is 1.98 bits per heavy atom. The molecule has 1 aromatic rings. The Balaban J connectivity index is 3.06. The molecule has 0 bridgehead atoms. The lowest BCUT2D eigenvalue weighted by atomic mass is 10.0. The zero-order chi connectivity index (χ0) is 30.4. The van der Waals surface area contributed by atoms with E-state index in [1.807, 2.05) is 0 Å². The Morgan fingerprint density at radius 2 is 1.45 bits per heavy atom. The van der Waals surface area contributed by atoms with Crippen molar-refractivity contribution in [2.24, 2.45) is 27.9 Å². The Bertz CT molecular complexity index is 1060. The van der Waals surface area contributed by atoms with Crippen molar-refractivity contribution in [2.45, 2.75) is 69.3 Å². The summed E-state index contributed by atoms with van der Waals surface area (Å²) in [6.07, 6.45) is -1.72. The van der Waals surface area contributed by atoms with Crippen LogP contribution in [0.1, 0.15) is 38.2 Å². The number of aliphatic hydroxyl groups is 1.